The average molecular weight is 517 g/mol. The number of hydrogen-bond donors (Lipinski definition) is 2. The summed E-state index contributed by atoms with van der Waals surface area (Å²) in [6, 6.07) is 9.81. The highest BCUT2D eigenvalue weighted by Gasteiger charge is 2.13. The Hall–Kier alpha value is -1.72. The van der Waals surface area contributed by atoms with E-state index in [0.29, 0.717) is 19.0 Å². The van der Waals surface area contributed by atoms with E-state index in [1.807, 2.05) is 54.6 Å². The van der Waals surface area contributed by atoms with Crippen molar-refractivity contribution >= 4 is 47.2 Å². The summed E-state index contributed by atoms with van der Waals surface area (Å²) in [5, 5.41) is 8.93. The number of aliphatic imine (C=N–C) groups is 1. The van der Waals surface area contributed by atoms with Crippen molar-refractivity contribution in [3.05, 3.63) is 52.0 Å². The van der Waals surface area contributed by atoms with Crippen LogP contribution in [0, 0.1) is 0 Å². The molecule has 2 rings (SSSR count). The molecule has 0 aliphatic rings. The monoisotopic (exact) mass is 517 g/mol. The number of nitrogens with zero attached hydrogens (tertiary/aromatic N) is 3. The molecule has 0 bridgehead atoms. The van der Waals surface area contributed by atoms with E-state index < -0.39 is 0 Å². The number of ether oxygens (including phenoxy) is 1. The highest BCUT2D eigenvalue weighted by molar-refractivity contribution is 14.0. The summed E-state index contributed by atoms with van der Waals surface area (Å²) in [6.07, 6.45) is -0.0141. The lowest BCUT2D eigenvalue weighted by Crippen LogP contribution is -2.43. The van der Waals surface area contributed by atoms with Gasteiger partial charge in [-0.25, -0.2) is 4.98 Å². The Labute approximate surface area is 187 Å². The zero-order valence-electron chi connectivity index (χ0n) is 16.6. The molecule has 0 saturated heterocycles. The Morgan fingerprint density at radius 1 is 1.32 bits per heavy atom. The Bertz CT molecular complexity index is 754. The standard InChI is InChI=1S/C19H27N5O2S.HI/c1-14(26-4)18-23-16(13-27-18)12-24(3)19(20-2)22-11-17(25)21-10-15-8-6-5-7-9-15;/h5-9,13-14H,10-12H2,1-4H3,(H,20,22)(H,21,25);1H. The average Bonchev–Trinajstić information content (AvgIpc) is 3.15. The van der Waals surface area contributed by atoms with Crippen molar-refractivity contribution in [1.29, 1.82) is 0 Å². The molecule has 0 radical (unpaired) electrons. The second-order valence-corrected chi connectivity index (χ2v) is 6.96. The molecule has 1 unspecified atom stereocenters. The van der Waals surface area contributed by atoms with Crippen molar-refractivity contribution in [2.45, 2.75) is 26.1 Å². The maximum atomic E-state index is 12.1. The number of aromatic nitrogens is 1. The number of nitrogens with one attached hydrogen (secondary N) is 2. The van der Waals surface area contributed by atoms with Gasteiger partial charge in [0.15, 0.2) is 5.96 Å². The van der Waals surface area contributed by atoms with Gasteiger partial charge in [0.1, 0.15) is 11.1 Å². The number of thiazole rings is 1. The summed E-state index contributed by atoms with van der Waals surface area (Å²) in [4.78, 5) is 22.8. The second-order valence-electron chi connectivity index (χ2n) is 6.07. The van der Waals surface area contributed by atoms with Gasteiger partial charge in [0, 0.05) is 33.1 Å². The zero-order chi connectivity index (χ0) is 19.6. The lowest BCUT2D eigenvalue weighted by molar-refractivity contribution is -0.120. The molecule has 2 N–H and O–H groups in total. The number of carbonyl (C=O) groups excluding carboxylic acids is 1. The molecule has 0 aliphatic carbocycles. The molecule has 0 aliphatic heterocycles. The highest BCUT2D eigenvalue weighted by atomic mass is 127. The van der Waals surface area contributed by atoms with Gasteiger partial charge in [-0.3, -0.25) is 9.79 Å². The van der Waals surface area contributed by atoms with Crippen molar-refractivity contribution in [1.82, 2.24) is 20.5 Å². The first-order valence-corrected chi connectivity index (χ1v) is 9.61. The SMILES string of the molecule is CN=C(NCC(=O)NCc1ccccc1)N(C)Cc1csc(C(C)OC)n1.I. The largest absolute Gasteiger partial charge is 0.375 e. The third kappa shape index (κ3) is 7.72. The Kier molecular flexibility index (Phi) is 11.0. The molecule has 0 spiro atoms. The van der Waals surface area contributed by atoms with Crippen LogP contribution in [0.1, 0.15) is 29.3 Å². The molecule has 1 aromatic carbocycles. The van der Waals surface area contributed by atoms with Crippen LogP contribution in [0.15, 0.2) is 40.7 Å². The first-order chi connectivity index (χ1) is 13.0. The predicted molar refractivity (Wildman–Crippen MR) is 124 cm³/mol. The van der Waals surface area contributed by atoms with Crippen LogP contribution in [0.4, 0.5) is 0 Å². The zero-order valence-corrected chi connectivity index (χ0v) is 19.8. The van der Waals surface area contributed by atoms with Crippen molar-refractivity contribution in [3.63, 3.8) is 0 Å². The van der Waals surface area contributed by atoms with E-state index in [1.165, 1.54) is 0 Å². The fourth-order valence-electron chi connectivity index (χ4n) is 2.40. The number of methoxy groups -OCH3 is 1. The van der Waals surface area contributed by atoms with Gasteiger partial charge in [-0.1, -0.05) is 30.3 Å². The first-order valence-electron chi connectivity index (χ1n) is 8.73. The van der Waals surface area contributed by atoms with Gasteiger partial charge in [0.05, 0.1) is 18.8 Å². The molecule has 7 nitrogen and oxygen atoms in total. The Morgan fingerprint density at radius 3 is 2.68 bits per heavy atom. The van der Waals surface area contributed by atoms with Crippen molar-refractivity contribution in [2.75, 3.05) is 27.7 Å². The number of benzene rings is 1. The summed E-state index contributed by atoms with van der Waals surface area (Å²) in [5.74, 6) is 0.553. The fraction of sp³-hybridized carbons (Fsp3) is 0.421. The van der Waals surface area contributed by atoms with Crippen molar-refractivity contribution < 1.29 is 9.53 Å². The molecule has 1 heterocycles. The molecule has 1 aromatic heterocycles. The topological polar surface area (TPSA) is 78.9 Å². The van der Waals surface area contributed by atoms with Crippen molar-refractivity contribution in [2.24, 2.45) is 4.99 Å². The summed E-state index contributed by atoms with van der Waals surface area (Å²) in [7, 11) is 5.28. The number of carbonyl (C=O) groups is 1. The second kappa shape index (κ2) is 12.7. The molecular weight excluding hydrogens is 489 g/mol. The summed E-state index contributed by atoms with van der Waals surface area (Å²) >= 11 is 1.58. The molecule has 0 fully saturated rings. The molecule has 28 heavy (non-hydrogen) atoms. The van der Waals surface area contributed by atoms with Crippen LogP contribution in [0.25, 0.3) is 0 Å². The van der Waals surface area contributed by atoms with E-state index in [2.05, 4.69) is 20.6 Å². The van der Waals surface area contributed by atoms with E-state index in [9.17, 15) is 4.79 Å². The van der Waals surface area contributed by atoms with Gasteiger partial charge in [-0.15, -0.1) is 35.3 Å². The van der Waals surface area contributed by atoms with Crippen LogP contribution in [0.3, 0.4) is 0 Å². The maximum absolute atomic E-state index is 12.1. The molecule has 2 aromatic rings. The van der Waals surface area contributed by atoms with Crippen LogP contribution in [-0.4, -0.2) is 49.5 Å². The normalized spacial score (nSPS) is 12.1. The molecule has 1 amide bonds. The smallest absolute Gasteiger partial charge is 0.239 e. The van der Waals surface area contributed by atoms with E-state index in [-0.39, 0.29) is 42.5 Å². The molecule has 154 valence electrons. The quantitative estimate of drug-likeness (QED) is 0.320. The maximum Gasteiger partial charge on any atom is 0.239 e. The van der Waals surface area contributed by atoms with Crippen LogP contribution < -0.4 is 10.6 Å². The molecular formula is C19H28IN5O2S. The predicted octanol–water partition coefficient (Wildman–Crippen LogP) is 2.79. The molecule has 1 atom stereocenters. The van der Waals surface area contributed by atoms with E-state index in [0.717, 1.165) is 16.3 Å². The van der Waals surface area contributed by atoms with Crippen LogP contribution in [0.2, 0.25) is 0 Å². The third-order valence-corrected chi connectivity index (χ3v) is 5.04. The van der Waals surface area contributed by atoms with Crippen molar-refractivity contribution in [3.8, 4) is 0 Å². The number of halogens is 1. The van der Waals surface area contributed by atoms with Crippen LogP contribution in [-0.2, 0) is 22.6 Å². The van der Waals surface area contributed by atoms with Gasteiger partial charge >= 0.3 is 0 Å². The number of rotatable bonds is 8. The van der Waals surface area contributed by atoms with Gasteiger partial charge in [0.2, 0.25) is 5.91 Å². The number of amides is 1. The molecule has 9 heteroatoms. The minimum Gasteiger partial charge on any atom is -0.375 e. The minimum absolute atomic E-state index is 0. The summed E-state index contributed by atoms with van der Waals surface area (Å²) < 4.78 is 5.30. The molecule has 0 saturated carbocycles. The first kappa shape index (κ1) is 24.3. The number of hydrogen-bond acceptors (Lipinski definition) is 5. The van der Waals surface area contributed by atoms with Gasteiger partial charge in [-0.2, -0.15) is 0 Å². The summed E-state index contributed by atoms with van der Waals surface area (Å²) in [5.41, 5.74) is 2.01. The number of guanidine groups is 1. The van der Waals surface area contributed by atoms with Crippen LogP contribution >= 0.6 is 35.3 Å². The third-order valence-electron chi connectivity index (χ3n) is 3.98. The Morgan fingerprint density at radius 2 is 2.04 bits per heavy atom. The Balaban J connectivity index is 0.00000392. The van der Waals surface area contributed by atoms with E-state index in [1.54, 1.807) is 25.5 Å². The minimum atomic E-state index is -0.0849. The van der Waals surface area contributed by atoms with Gasteiger partial charge in [-0.05, 0) is 12.5 Å². The van der Waals surface area contributed by atoms with Gasteiger partial charge < -0.3 is 20.3 Å². The van der Waals surface area contributed by atoms with Gasteiger partial charge in [0.25, 0.3) is 0 Å². The summed E-state index contributed by atoms with van der Waals surface area (Å²) in [6.45, 7) is 3.24. The highest BCUT2D eigenvalue weighted by Crippen LogP contribution is 2.20. The van der Waals surface area contributed by atoms with E-state index >= 15 is 0 Å². The fourth-order valence-corrected chi connectivity index (χ4v) is 3.25. The lowest BCUT2D eigenvalue weighted by atomic mass is 10.2. The van der Waals surface area contributed by atoms with E-state index in [4.69, 9.17) is 4.74 Å². The van der Waals surface area contributed by atoms with Crippen LogP contribution in [0.5, 0.6) is 0 Å². The lowest BCUT2D eigenvalue weighted by Gasteiger charge is -2.21.